The summed E-state index contributed by atoms with van der Waals surface area (Å²) in [4.78, 5) is 0. The summed E-state index contributed by atoms with van der Waals surface area (Å²) in [5, 5.41) is 2.79. The molecule has 0 aliphatic heterocycles. The van der Waals surface area contributed by atoms with Gasteiger partial charge in [0.25, 0.3) is 0 Å². The highest BCUT2D eigenvalue weighted by molar-refractivity contribution is 5.19. The van der Waals surface area contributed by atoms with Crippen LogP contribution in [0.25, 0.3) is 0 Å². The van der Waals surface area contributed by atoms with Crippen molar-refractivity contribution in [3.05, 3.63) is 35.6 Å². The van der Waals surface area contributed by atoms with E-state index in [1.165, 1.54) is 24.3 Å². The maximum Gasteiger partial charge on any atom is 0.389 e. The molecule has 0 saturated heterocycles. The molecular formula is C11H13F4N. The van der Waals surface area contributed by atoms with Gasteiger partial charge >= 0.3 is 6.18 Å². The van der Waals surface area contributed by atoms with Crippen molar-refractivity contribution in [2.75, 3.05) is 7.05 Å². The van der Waals surface area contributed by atoms with Gasteiger partial charge in [0.15, 0.2) is 0 Å². The maximum absolute atomic E-state index is 12.6. The number of nitrogens with one attached hydrogen (secondary N) is 1. The van der Waals surface area contributed by atoms with Crippen LogP contribution in [0.15, 0.2) is 24.3 Å². The molecule has 0 aromatic heterocycles. The Morgan fingerprint density at radius 1 is 1.19 bits per heavy atom. The van der Waals surface area contributed by atoms with E-state index < -0.39 is 24.5 Å². The summed E-state index contributed by atoms with van der Waals surface area (Å²) >= 11 is 0. The molecule has 0 saturated carbocycles. The first-order valence-electron chi connectivity index (χ1n) is 4.92. The van der Waals surface area contributed by atoms with Gasteiger partial charge in [-0.25, -0.2) is 4.39 Å². The summed E-state index contributed by atoms with van der Waals surface area (Å²) in [6.45, 7) is 0. The summed E-state index contributed by atoms with van der Waals surface area (Å²) in [6.07, 6.45) is -5.06. The summed E-state index contributed by atoms with van der Waals surface area (Å²) in [5.74, 6) is -0.394. The van der Waals surface area contributed by atoms with Crippen LogP contribution in [0.4, 0.5) is 17.6 Å². The highest BCUT2D eigenvalue weighted by atomic mass is 19.4. The predicted octanol–water partition coefficient (Wildman–Crippen LogP) is 3.43. The Balaban J connectivity index is 2.64. The van der Waals surface area contributed by atoms with Gasteiger partial charge < -0.3 is 5.32 Å². The van der Waals surface area contributed by atoms with Crippen LogP contribution in [-0.4, -0.2) is 13.2 Å². The van der Waals surface area contributed by atoms with Gasteiger partial charge in [0.05, 0.1) is 0 Å². The van der Waals surface area contributed by atoms with E-state index in [4.69, 9.17) is 0 Å². The normalized spacial score (nSPS) is 13.8. The average molecular weight is 235 g/mol. The molecule has 0 aliphatic carbocycles. The van der Waals surface area contributed by atoms with E-state index in [0.717, 1.165) is 0 Å². The van der Waals surface area contributed by atoms with Gasteiger partial charge in [0, 0.05) is 12.5 Å². The minimum Gasteiger partial charge on any atom is -0.313 e. The van der Waals surface area contributed by atoms with Crippen molar-refractivity contribution < 1.29 is 17.6 Å². The van der Waals surface area contributed by atoms with E-state index in [1.807, 2.05) is 0 Å². The van der Waals surface area contributed by atoms with E-state index in [9.17, 15) is 17.6 Å². The van der Waals surface area contributed by atoms with E-state index in [0.29, 0.717) is 5.56 Å². The van der Waals surface area contributed by atoms with Crippen LogP contribution in [-0.2, 0) is 0 Å². The van der Waals surface area contributed by atoms with Crippen LogP contribution in [0.3, 0.4) is 0 Å². The number of halogens is 4. The molecule has 1 atom stereocenters. The Kier molecular flexibility index (Phi) is 4.29. The summed E-state index contributed by atoms with van der Waals surface area (Å²) < 4.78 is 48.8. The van der Waals surface area contributed by atoms with Crippen molar-refractivity contribution in [3.63, 3.8) is 0 Å². The van der Waals surface area contributed by atoms with Crippen molar-refractivity contribution in [1.82, 2.24) is 5.32 Å². The second kappa shape index (κ2) is 5.30. The Bertz CT molecular complexity index is 318. The van der Waals surface area contributed by atoms with Gasteiger partial charge in [-0.3, -0.25) is 0 Å². The second-order valence-corrected chi connectivity index (χ2v) is 3.55. The zero-order valence-corrected chi connectivity index (χ0v) is 8.81. The first-order valence-corrected chi connectivity index (χ1v) is 4.92. The molecule has 1 N–H and O–H groups in total. The zero-order valence-electron chi connectivity index (χ0n) is 8.81. The monoisotopic (exact) mass is 235 g/mol. The summed E-state index contributed by atoms with van der Waals surface area (Å²) in [7, 11) is 1.59. The molecule has 0 bridgehead atoms. The topological polar surface area (TPSA) is 12.0 Å². The lowest BCUT2D eigenvalue weighted by Crippen LogP contribution is -2.19. The third-order valence-electron chi connectivity index (χ3n) is 2.34. The first-order chi connectivity index (χ1) is 7.42. The molecule has 0 heterocycles. The van der Waals surface area contributed by atoms with Crippen LogP contribution in [0.1, 0.15) is 24.4 Å². The molecule has 0 radical (unpaired) electrons. The molecular weight excluding hydrogens is 222 g/mol. The predicted molar refractivity (Wildman–Crippen MR) is 53.5 cm³/mol. The summed E-state index contributed by atoms with van der Waals surface area (Å²) in [5.41, 5.74) is 0.660. The van der Waals surface area contributed by atoms with Crippen LogP contribution in [0.2, 0.25) is 0 Å². The van der Waals surface area contributed by atoms with Crippen LogP contribution < -0.4 is 5.32 Å². The fraction of sp³-hybridized carbons (Fsp3) is 0.455. The highest BCUT2D eigenvalue weighted by Crippen LogP contribution is 2.27. The molecule has 16 heavy (non-hydrogen) atoms. The van der Waals surface area contributed by atoms with Crippen LogP contribution >= 0.6 is 0 Å². The molecule has 1 aromatic carbocycles. The van der Waals surface area contributed by atoms with Crippen molar-refractivity contribution >= 4 is 0 Å². The molecule has 0 spiro atoms. The second-order valence-electron chi connectivity index (χ2n) is 3.55. The van der Waals surface area contributed by atoms with Crippen LogP contribution in [0, 0.1) is 5.82 Å². The largest absolute Gasteiger partial charge is 0.389 e. The Morgan fingerprint density at radius 2 is 1.75 bits per heavy atom. The van der Waals surface area contributed by atoms with Crippen molar-refractivity contribution in [1.29, 1.82) is 0 Å². The Labute approximate surface area is 91.5 Å². The van der Waals surface area contributed by atoms with E-state index in [-0.39, 0.29) is 6.42 Å². The van der Waals surface area contributed by atoms with Crippen LogP contribution in [0.5, 0.6) is 0 Å². The first kappa shape index (κ1) is 13.0. The van der Waals surface area contributed by atoms with E-state index in [2.05, 4.69) is 5.32 Å². The molecule has 0 aliphatic rings. The third-order valence-corrected chi connectivity index (χ3v) is 2.34. The smallest absolute Gasteiger partial charge is 0.313 e. The quantitative estimate of drug-likeness (QED) is 0.788. The van der Waals surface area contributed by atoms with Gasteiger partial charge in [-0.15, -0.1) is 0 Å². The number of benzene rings is 1. The Hall–Kier alpha value is -1.10. The average Bonchev–Trinajstić information content (AvgIpc) is 2.20. The number of hydrogen-bond donors (Lipinski definition) is 1. The van der Waals surface area contributed by atoms with Gasteiger partial charge in [-0.2, -0.15) is 13.2 Å². The minimum atomic E-state index is -4.16. The minimum absolute atomic E-state index is 0.0500. The molecule has 1 aromatic rings. The molecule has 1 rings (SSSR count). The van der Waals surface area contributed by atoms with Gasteiger partial charge in [-0.1, -0.05) is 12.1 Å². The highest BCUT2D eigenvalue weighted by Gasteiger charge is 2.28. The Morgan fingerprint density at radius 3 is 2.19 bits per heavy atom. The molecule has 1 nitrogen and oxygen atoms in total. The molecule has 90 valence electrons. The van der Waals surface area contributed by atoms with Crippen molar-refractivity contribution in [2.45, 2.75) is 25.1 Å². The number of hydrogen-bond acceptors (Lipinski definition) is 1. The standard InChI is InChI=1S/C11H13F4N/c1-16-10(6-7-11(13,14)15)8-2-4-9(12)5-3-8/h2-5,10,16H,6-7H2,1H3. The lowest BCUT2D eigenvalue weighted by molar-refractivity contribution is -0.136. The molecule has 0 amide bonds. The van der Waals surface area contributed by atoms with E-state index >= 15 is 0 Å². The van der Waals surface area contributed by atoms with Gasteiger partial charge in [0.2, 0.25) is 0 Å². The lowest BCUT2D eigenvalue weighted by Gasteiger charge is -2.17. The summed E-state index contributed by atoms with van der Waals surface area (Å²) in [6, 6.07) is 5.07. The molecule has 5 heteroatoms. The number of rotatable bonds is 4. The fourth-order valence-corrected chi connectivity index (χ4v) is 1.48. The fourth-order valence-electron chi connectivity index (χ4n) is 1.48. The zero-order chi connectivity index (χ0) is 12.2. The third kappa shape index (κ3) is 4.18. The SMILES string of the molecule is CNC(CCC(F)(F)F)c1ccc(F)cc1. The molecule has 1 unspecified atom stereocenters. The van der Waals surface area contributed by atoms with E-state index in [1.54, 1.807) is 7.05 Å². The number of alkyl halides is 3. The van der Waals surface area contributed by atoms with Gasteiger partial charge in [0.1, 0.15) is 5.82 Å². The van der Waals surface area contributed by atoms with Gasteiger partial charge in [-0.05, 0) is 31.2 Å². The maximum atomic E-state index is 12.6. The van der Waals surface area contributed by atoms with Crippen molar-refractivity contribution in [2.24, 2.45) is 0 Å². The van der Waals surface area contributed by atoms with Crippen molar-refractivity contribution in [3.8, 4) is 0 Å². The molecule has 0 fully saturated rings. The lowest BCUT2D eigenvalue weighted by atomic mass is 10.0.